The molecule has 124 valence electrons. The summed E-state index contributed by atoms with van der Waals surface area (Å²) in [5.74, 6) is 0.0518. The minimum Gasteiger partial charge on any atom is -0.477 e. The first-order valence-electron chi connectivity index (χ1n) is 7.44. The van der Waals surface area contributed by atoms with Crippen molar-refractivity contribution in [2.24, 2.45) is 0 Å². The number of likely N-dealkylation sites (N-methyl/N-ethyl adjacent to an activating group) is 1. The first-order chi connectivity index (χ1) is 11.7. The van der Waals surface area contributed by atoms with Crippen molar-refractivity contribution in [3.8, 4) is 5.75 Å². The van der Waals surface area contributed by atoms with Crippen LogP contribution in [0.25, 0.3) is 0 Å². The van der Waals surface area contributed by atoms with Gasteiger partial charge in [0.25, 0.3) is 11.8 Å². The molecule has 7 heteroatoms. The molecule has 2 heterocycles. The number of carbonyl (C=O) groups excluding carboxylic acids is 2. The largest absolute Gasteiger partial charge is 0.477 e. The topological polar surface area (TPSA) is 71.5 Å². The van der Waals surface area contributed by atoms with Gasteiger partial charge in [0.05, 0.1) is 17.8 Å². The number of aromatic nitrogens is 1. The number of carbonyl (C=O) groups is 2. The summed E-state index contributed by atoms with van der Waals surface area (Å²) in [4.78, 5) is 30.9. The van der Waals surface area contributed by atoms with Crippen molar-refractivity contribution in [3.63, 3.8) is 0 Å². The second-order valence-corrected chi connectivity index (χ2v) is 5.96. The van der Waals surface area contributed by atoms with Crippen LogP contribution in [0.4, 0.5) is 5.69 Å². The predicted octanol–water partition coefficient (Wildman–Crippen LogP) is 1.96. The maximum absolute atomic E-state index is 13.1. The van der Waals surface area contributed by atoms with Crippen molar-refractivity contribution >= 4 is 29.3 Å². The highest BCUT2D eigenvalue weighted by atomic mass is 32.2. The highest BCUT2D eigenvalue weighted by molar-refractivity contribution is 7.98. The number of fused-ring (bicyclic) bond motifs is 1. The van der Waals surface area contributed by atoms with Gasteiger partial charge < -0.3 is 15.0 Å². The van der Waals surface area contributed by atoms with E-state index in [0.29, 0.717) is 22.0 Å². The van der Waals surface area contributed by atoms with Crippen molar-refractivity contribution in [1.82, 2.24) is 10.3 Å². The quantitative estimate of drug-likeness (QED) is 0.863. The highest BCUT2D eigenvalue weighted by Gasteiger charge is 2.34. The third-order valence-corrected chi connectivity index (χ3v) is 4.46. The van der Waals surface area contributed by atoms with Crippen LogP contribution in [-0.4, -0.2) is 42.8 Å². The van der Waals surface area contributed by atoms with Gasteiger partial charge >= 0.3 is 0 Å². The number of nitrogens with one attached hydrogen (secondary N) is 1. The molecule has 1 aromatic heterocycles. The van der Waals surface area contributed by atoms with Crippen molar-refractivity contribution in [1.29, 1.82) is 0 Å². The van der Waals surface area contributed by atoms with Gasteiger partial charge in [0, 0.05) is 13.2 Å². The molecule has 0 bridgehead atoms. The Hall–Kier alpha value is -2.54. The number of rotatable bonds is 3. The average Bonchev–Trinajstić information content (AvgIpc) is 2.65. The van der Waals surface area contributed by atoms with Crippen LogP contribution in [0.15, 0.2) is 47.6 Å². The summed E-state index contributed by atoms with van der Waals surface area (Å²) in [5, 5.41) is 3.22. The molecule has 1 N–H and O–H groups in total. The van der Waals surface area contributed by atoms with E-state index in [4.69, 9.17) is 4.74 Å². The number of anilines is 1. The maximum atomic E-state index is 13.1. The molecule has 1 atom stereocenters. The summed E-state index contributed by atoms with van der Waals surface area (Å²) in [6.45, 7) is 0.151. The highest BCUT2D eigenvalue weighted by Crippen LogP contribution is 2.34. The molecule has 3 rings (SSSR count). The zero-order valence-electron chi connectivity index (χ0n) is 13.4. The van der Waals surface area contributed by atoms with Gasteiger partial charge in [-0.2, -0.15) is 0 Å². The normalized spacial score (nSPS) is 16.1. The molecule has 0 fully saturated rings. The Morgan fingerprint density at radius 1 is 1.29 bits per heavy atom. The van der Waals surface area contributed by atoms with Crippen LogP contribution in [0.3, 0.4) is 0 Å². The number of ether oxygens (including phenoxy) is 1. The fourth-order valence-corrected chi connectivity index (χ4v) is 3.13. The minimum absolute atomic E-state index is 0.151. The summed E-state index contributed by atoms with van der Waals surface area (Å²) >= 11 is 1.41. The molecular weight excluding hydrogens is 326 g/mol. The summed E-state index contributed by atoms with van der Waals surface area (Å²) in [6.07, 6.45) is 2.78. The van der Waals surface area contributed by atoms with Gasteiger partial charge in [-0.15, -0.1) is 11.8 Å². The van der Waals surface area contributed by atoms with Gasteiger partial charge in [0.1, 0.15) is 10.8 Å². The van der Waals surface area contributed by atoms with Crippen molar-refractivity contribution in [3.05, 3.63) is 48.2 Å². The molecule has 1 aliphatic heterocycles. The van der Waals surface area contributed by atoms with Crippen molar-refractivity contribution in [2.75, 3.05) is 24.7 Å². The lowest BCUT2D eigenvalue weighted by Crippen LogP contribution is -2.50. The minimum atomic E-state index is -0.747. The summed E-state index contributed by atoms with van der Waals surface area (Å²) in [5.41, 5.74) is 1.16. The summed E-state index contributed by atoms with van der Waals surface area (Å²) in [7, 11) is 1.55. The fourth-order valence-electron chi connectivity index (χ4n) is 2.59. The molecule has 0 saturated carbocycles. The number of nitrogens with zero attached hydrogens (tertiary/aromatic N) is 2. The number of hydrogen-bond donors (Lipinski definition) is 1. The second-order valence-electron chi connectivity index (χ2n) is 5.16. The summed E-state index contributed by atoms with van der Waals surface area (Å²) < 4.78 is 5.73. The zero-order chi connectivity index (χ0) is 17.1. The smallest absolute Gasteiger partial charge is 0.262 e. The third-order valence-electron chi connectivity index (χ3n) is 3.75. The molecule has 0 aliphatic carbocycles. The van der Waals surface area contributed by atoms with E-state index in [2.05, 4.69) is 10.3 Å². The van der Waals surface area contributed by atoms with Gasteiger partial charge in [-0.05, 0) is 30.5 Å². The Balaban J connectivity index is 2.02. The van der Waals surface area contributed by atoms with E-state index in [1.807, 2.05) is 24.5 Å². The van der Waals surface area contributed by atoms with Crippen molar-refractivity contribution < 1.29 is 14.3 Å². The predicted molar refractivity (Wildman–Crippen MR) is 92.6 cm³/mol. The van der Waals surface area contributed by atoms with Crippen LogP contribution in [-0.2, 0) is 4.79 Å². The Labute approximate surface area is 144 Å². The van der Waals surface area contributed by atoms with Crippen LogP contribution in [0, 0.1) is 0 Å². The number of pyridine rings is 1. The third kappa shape index (κ3) is 2.94. The molecule has 0 saturated heterocycles. The van der Waals surface area contributed by atoms with E-state index < -0.39 is 6.10 Å². The van der Waals surface area contributed by atoms with Crippen LogP contribution in [0.1, 0.15) is 10.4 Å². The van der Waals surface area contributed by atoms with E-state index >= 15 is 0 Å². The monoisotopic (exact) mass is 343 g/mol. The lowest BCUT2D eigenvalue weighted by Gasteiger charge is -2.34. The Morgan fingerprint density at radius 2 is 2.08 bits per heavy atom. The van der Waals surface area contributed by atoms with Gasteiger partial charge in [0.15, 0.2) is 6.10 Å². The number of thioether (sulfide) groups is 1. The molecule has 0 radical (unpaired) electrons. The van der Waals surface area contributed by atoms with Crippen LogP contribution in [0.5, 0.6) is 5.75 Å². The molecule has 1 unspecified atom stereocenters. The number of amides is 2. The molecule has 2 aromatic rings. The fraction of sp³-hybridized carbons (Fsp3) is 0.235. The van der Waals surface area contributed by atoms with Gasteiger partial charge in [-0.1, -0.05) is 12.1 Å². The van der Waals surface area contributed by atoms with Gasteiger partial charge in [0.2, 0.25) is 0 Å². The standard InChI is InChI=1S/C17H17N3O3S/c1-18-15(21)14-10-20(12-7-3-4-8-13(12)23-14)17(22)11-6-5-9-19-16(11)24-2/h3-9,14H,10H2,1-2H3,(H,18,21). The molecule has 6 nitrogen and oxygen atoms in total. The number of para-hydroxylation sites is 2. The van der Waals surface area contributed by atoms with E-state index in [9.17, 15) is 9.59 Å². The number of hydrogen-bond acceptors (Lipinski definition) is 5. The van der Waals surface area contributed by atoms with Crippen molar-refractivity contribution in [2.45, 2.75) is 11.1 Å². The molecule has 2 amide bonds. The maximum Gasteiger partial charge on any atom is 0.262 e. The molecule has 0 spiro atoms. The molecule has 1 aliphatic rings. The van der Waals surface area contributed by atoms with Gasteiger partial charge in [-0.25, -0.2) is 4.98 Å². The van der Waals surface area contributed by atoms with Crippen LogP contribution < -0.4 is 15.0 Å². The van der Waals surface area contributed by atoms with Crippen LogP contribution >= 0.6 is 11.8 Å². The number of benzene rings is 1. The Bertz CT molecular complexity index is 781. The van der Waals surface area contributed by atoms with Gasteiger partial charge in [-0.3, -0.25) is 9.59 Å². The average molecular weight is 343 g/mol. The SMILES string of the molecule is CNC(=O)C1CN(C(=O)c2cccnc2SC)c2ccccc2O1. The molecule has 24 heavy (non-hydrogen) atoms. The first-order valence-corrected chi connectivity index (χ1v) is 8.66. The lowest BCUT2D eigenvalue weighted by atomic mass is 10.1. The van der Waals surface area contributed by atoms with E-state index in [0.717, 1.165) is 0 Å². The second kappa shape index (κ2) is 6.92. The Kier molecular flexibility index (Phi) is 4.71. The first kappa shape index (κ1) is 16.3. The molecular formula is C17H17N3O3S. The van der Waals surface area contributed by atoms with E-state index in [1.165, 1.54) is 11.8 Å². The van der Waals surface area contributed by atoms with E-state index in [1.54, 1.807) is 36.3 Å². The van der Waals surface area contributed by atoms with Crippen LogP contribution in [0.2, 0.25) is 0 Å². The Morgan fingerprint density at radius 3 is 2.83 bits per heavy atom. The van der Waals surface area contributed by atoms with E-state index in [-0.39, 0.29) is 18.4 Å². The molecule has 1 aromatic carbocycles. The lowest BCUT2D eigenvalue weighted by molar-refractivity contribution is -0.127. The zero-order valence-corrected chi connectivity index (χ0v) is 14.2. The summed E-state index contributed by atoms with van der Waals surface area (Å²) in [6, 6.07) is 10.7.